The van der Waals surface area contributed by atoms with Gasteiger partial charge in [-0.3, -0.25) is 9.59 Å². The molecule has 0 atom stereocenters. The number of anilines is 2. The Kier molecular flexibility index (Phi) is 5.76. The number of carbonyl (C=O) groups is 2. The van der Waals surface area contributed by atoms with Gasteiger partial charge in [0.25, 0.3) is 11.8 Å². The lowest BCUT2D eigenvalue weighted by Crippen LogP contribution is -2.32. The van der Waals surface area contributed by atoms with E-state index in [1.165, 1.54) is 12.0 Å². The van der Waals surface area contributed by atoms with Crippen LogP contribution < -0.4 is 15.0 Å². The van der Waals surface area contributed by atoms with E-state index in [1.807, 2.05) is 63.2 Å². The zero-order chi connectivity index (χ0) is 23.0. The molecule has 3 aromatic carbocycles. The van der Waals surface area contributed by atoms with Crippen LogP contribution in [0.15, 0.2) is 66.4 Å². The van der Waals surface area contributed by atoms with Gasteiger partial charge in [0.05, 0.1) is 24.1 Å². The average molecular weight is 447 g/mol. The monoisotopic (exact) mass is 446 g/mol. The minimum absolute atomic E-state index is 0.179. The molecule has 1 N–H and O–H groups in total. The summed E-state index contributed by atoms with van der Waals surface area (Å²) in [5.74, 6) is -0.305. The first kappa shape index (κ1) is 21.7. The molecule has 1 aliphatic rings. The number of ether oxygens (including phenoxy) is 1. The molecule has 0 spiro atoms. The number of amides is 2. The van der Waals surface area contributed by atoms with Crippen molar-refractivity contribution in [2.24, 2.45) is 0 Å². The first-order valence-electron chi connectivity index (χ1n) is 10.2. The van der Waals surface area contributed by atoms with E-state index in [4.69, 9.17) is 16.3 Å². The third kappa shape index (κ3) is 3.99. The fourth-order valence-corrected chi connectivity index (χ4v) is 4.03. The molecule has 0 fully saturated rings. The lowest BCUT2D eigenvalue weighted by Gasteiger charge is -2.17. The highest BCUT2D eigenvalue weighted by atomic mass is 35.5. The molecule has 2 amide bonds. The molecule has 6 heteroatoms. The summed E-state index contributed by atoms with van der Waals surface area (Å²) in [5.41, 5.74) is 5.17. The second-order valence-corrected chi connectivity index (χ2v) is 8.31. The molecule has 0 saturated carbocycles. The molecule has 3 aromatic rings. The molecule has 1 heterocycles. The highest BCUT2D eigenvalue weighted by Crippen LogP contribution is 2.37. The zero-order valence-electron chi connectivity index (χ0n) is 18.3. The number of aryl methyl sites for hydroxylation is 3. The van der Waals surface area contributed by atoms with Gasteiger partial charge in [-0.15, -0.1) is 0 Å². The van der Waals surface area contributed by atoms with Crippen LogP contribution in [0.2, 0.25) is 5.02 Å². The maximum atomic E-state index is 13.6. The zero-order valence-corrected chi connectivity index (χ0v) is 19.1. The highest BCUT2D eigenvalue weighted by molar-refractivity contribution is 6.46. The van der Waals surface area contributed by atoms with E-state index in [0.717, 1.165) is 16.7 Å². The molecular weight excluding hydrogens is 424 g/mol. The predicted octanol–water partition coefficient (Wildman–Crippen LogP) is 5.67. The quantitative estimate of drug-likeness (QED) is 0.513. The van der Waals surface area contributed by atoms with Gasteiger partial charge in [0.15, 0.2) is 0 Å². The van der Waals surface area contributed by atoms with Crippen molar-refractivity contribution < 1.29 is 14.3 Å². The molecular formula is C26H23ClN2O3. The fraction of sp³-hybridized carbons (Fsp3) is 0.154. The van der Waals surface area contributed by atoms with E-state index in [9.17, 15) is 9.59 Å². The average Bonchev–Trinajstić information content (AvgIpc) is 2.98. The van der Waals surface area contributed by atoms with Crippen LogP contribution >= 0.6 is 11.6 Å². The van der Waals surface area contributed by atoms with Crippen LogP contribution in [0.1, 0.15) is 22.3 Å². The van der Waals surface area contributed by atoms with E-state index < -0.39 is 5.91 Å². The van der Waals surface area contributed by atoms with Crippen molar-refractivity contribution in [1.82, 2.24) is 0 Å². The number of hydrogen-bond donors (Lipinski definition) is 1. The summed E-state index contributed by atoms with van der Waals surface area (Å²) < 4.78 is 5.42. The Morgan fingerprint density at radius 2 is 1.47 bits per heavy atom. The van der Waals surface area contributed by atoms with Crippen LogP contribution in [-0.2, 0) is 9.59 Å². The molecule has 5 nitrogen and oxygen atoms in total. The van der Waals surface area contributed by atoms with Crippen LogP contribution in [-0.4, -0.2) is 18.9 Å². The van der Waals surface area contributed by atoms with Crippen LogP contribution in [0.5, 0.6) is 5.75 Å². The Morgan fingerprint density at radius 3 is 2.09 bits per heavy atom. The van der Waals surface area contributed by atoms with Gasteiger partial charge >= 0.3 is 0 Å². The largest absolute Gasteiger partial charge is 0.495 e. The molecule has 0 bridgehead atoms. The second kappa shape index (κ2) is 8.52. The number of rotatable bonds is 5. The van der Waals surface area contributed by atoms with Crippen molar-refractivity contribution in [2.45, 2.75) is 20.8 Å². The summed E-state index contributed by atoms with van der Waals surface area (Å²) in [6, 6.07) is 18.3. The van der Waals surface area contributed by atoms with Crippen molar-refractivity contribution >= 4 is 40.4 Å². The number of nitrogens with zero attached hydrogens (tertiary/aromatic N) is 1. The number of carbonyl (C=O) groups excluding carboxylic acids is 2. The molecule has 1 aliphatic heterocycles. The van der Waals surface area contributed by atoms with Crippen molar-refractivity contribution in [3.63, 3.8) is 0 Å². The molecule has 0 aliphatic carbocycles. The number of benzene rings is 3. The van der Waals surface area contributed by atoms with Crippen LogP contribution in [0.25, 0.3) is 5.57 Å². The van der Waals surface area contributed by atoms with Gasteiger partial charge in [0.1, 0.15) is 11.4 Å². The summed E-state index contributed by atoms with van der Waals surface area (Å²) in [6.07, 6.45) is 0. The highest BCUT2D eigenvalue weighted by Gasteiger charge is 2.40. The van der Waals surface area contributed by atoms with Gasteiger partial charge in [0.2, 0.25) is 0 Å². The number of hydrogen-bond acceptors (Lipinski definition) is 4. The lowest BCUT2D eigenvalue weighted by atomic mass is 10.0. The van der Waals surface area contributed by atoms with Crippen LogP contribution in [0.3, 0.4) is 0 Å². The normalized spacial score (nSPS) is 13.7. The Bertz CT molecular complexity index is 1240. The molecule has 0 unspecified atom stereocenters. The van der Waals surface area contributed by atoms with E-state index in [-0.39, 0.29) is 11.6 Å². The fourth-order valence-electron chi connectivity index (χ4n) is 3.86. The maximum absolute atomic E-state index is 13.6. The SMILES string of the molecule is COc1ccc(Cl)cc1NC1=C(c2ccc(C)cc2)C(=O)N(c2cc(C)cc(C)c2)C1=O. The van der Waals surface area contributed by atoms with E-state index in [0.29, 0.717) is 33.3 Å². The summed E-state index contributed by atoms with van der Waals surface area (Å²) >= 11 is 6.18. The summed E-state index contributed by atoms with van der Waals surface area (Å²) in [6.45, 7) is 5.84. The summed E-state index contributed by atoms with van der Waals surface area (Å²) in [4.78, 5) is 28.4. The molecule has 4 rings (SSSR count). The van der Waals surface area contributed by atoms with Gasteiger partial charge in [-0.2, -0.15) is 0 Å². The van der Waals surface area contributed by atoms with E-state index in [1.54, 1.807) is 18.2 Å². The Labute approximate surface area is 192 Å². The topological polar surface area (TPSA) is 58.6 Å². The van der Waals surface area contributed by atoms with Crippen molar-refractivity contribution in [3.05, 3.63) is 93.6 Å². The number of halogens is 1. The third-order valence-corrected chi connectivity index (χ3v) is 5.55. The van der Waals surface area contributed by atoms with E-state index >= 15 is 0 Å². The van der Waals surface area contributed by atoms with Gasteiger partial charge in [-0.1, -0.05) is 47.5 Å². The maximum Gasteiger partial charge on any atom is 0.282 e. The summed E-state index contributed by atoms with van der Waals surface area (Å²) in [5, 5.41) is 3.61. The van der Waals surface area contributed by atoms with Gasteiger partial charge < -0.3 is 10.1 Å². The van der Waals surface area contributed by atoms with Crippen molar-refractivity contribution in [2.75, 3.05) is 17.3 Å². The predicted molar refractivity (Wildman–Crippen MR) is 128 cm³/mol. The Balaban J connectivity index is 1.87. The molecule has 0 aromatic heterocycles. The standard InChI is InChI=1S/C26H23ClN2O3/c1-15-5-7-18(8-6-15)23-24(28-21-14-19(27)9-10-22(21)32-4)26(31)29(25(23)30)20-12-16(2)11-17(3)13-20/h5-14,28H,1-4H3. The van der Waals surface area contributed by atoms with Crippen molar-refractivity contribution in [3.8, 4) is 5.75 Å². The van der Waals surface area contributed by atoms with E-state index in [2.05, 4.69) is 5.32 Å². The van der Waals surface area contributed by atoms with Crippen molar-refractivity contribution in [1.29, 1.82) is 0 Å². The first-order chi connectivity index (χ1) is 15.3. The van der Waals surface area contributed by atoms with Gasteiger partial charge in [-0.25, -0.2) is 4.90 Å². The van der Waals surface area contributed by atoms with Gasteiger partial charge in [0, 0.05) is 5.02 Å². The third-order valence-electron chi connectivity index (χ3n) is 5.31. The molecule has 32 heavy (non-hydrogen) atoms. The number of methoxy groups -OCH3 is 1. The van der Waals surface area contributed by atoms with Crippen LogP contribution in [0, 0.1) is 20.8 Å². The smallest absolute Gasteiger partial charge is 0.282 e. The molecule has 162 valence electrons. The first-order valence-corrected chi connectivity index (χ1v) is 10.5. The number of nitrogens with one attached hydrogen (secondary N) is 1. The lowest BCUT2D eigenvalue weighted by molar-refractivity contribution is -0.120. The van der Waals surface area contributed by atoms with Gasteiger partial charge in [-0.05, 0) is 67.8 Å². The summed E-state index contributed by atoms with van der Waals surface area (Å²) in [7, 11) is 1.53. The molecule has 0 saturated heterocycles. The Morgan fingerprint density at radius 1 is 0.812 bits per heavy atom. The van der Waals surface area contributed by atoms with Crippen LogP contribution in [0.4, 0.5) is 11.4 Å². The minimum Gasteiger partial charge on any atom is -0.495 e. The number of imide groups is 1. The second-order valence-electron chi connectivity index (χ2n) is 7.88. The molecule has 0 radical (unpaired) electrons. The minimum atomic E-state index is -0.433. The Hall–Kier alpha value is -3.57.